The summed E-state index contributed by atoms with van der Waals surface area (Å²) in [4.78, 5) is 0. The lowest BCUT2D eigenvalue weighted by Crippen LogP contribution is -2.24. The lowest BCUT2D eigenvalue weighted by atomic mass is 9.98. The van der Waals surface area contributed by atoms with Crippen molar-refractivity contribution in [1.29, 1.82) is 0 Å². The van der Waals surface area contributed by atoms with Gasteiger partial charge >= 0.3 is 0 Å². The first-order chi connectivity index (χ1) is 9.22. The van der Waals surface area contributed by atoms with Gasteiger partial charge in [-0.15, -0.1) is 0 Å². The maximum absolute atomic E-state index is 13.9. The summed E-state index contributed by atoms with van der Waals surface area (Å²) in [6, 6.07) is 12.8. The predicted octanol–water partition coefficient (Wildman–Crippen LogP) is 4.05. The highest BCUT2D eigenvalue weighted by Crippen LogP contribution is 2.25. The number of benzene rings is 2. The van der Waals surface area contributed by atoms with E-state index < -0.39 is 5.82 Å². The quantitative estimate of drug-likeness (QED) is 0.856. The van der Waals surface area contributed by atoms with Crippen LogP contribution < -0.4 is 5.32 Å². The average molecular weight is 261 g/mol. The molecule has 0 aliphatic carbocycles. The van der Waals surface area contributed by atoms with E-state index >= 15 is 0 Å². The Hall–Kier alpha value is -1.74. The fraction of sp³-hybridized carbons (Fsp3) is 0.250. The number of hydrogen-bond acceptors (Lipinski definition) is 1. The molecule has 2 aromatic carbocycles. The van der Waals surface area contributed by atoms with Gasteiger partial charge in [0.2, 0.25) is 0 Å². The molecule has 19 heavy (non-hydrogen) atoms. The van der Waals surface area contributed by atoms with E-state index in [0.29, 0.717) is 5.56 Å². The summed E-state index contributed by atoms with van der Waals surface area (Å²) in [5.41, 5.74) is 1.28. The Bertz CT molecular complexity index is 526. The highest BCUT2D eigenvalue weighted by atomic mass is 19.1. The maximum Gasteiger partial charge on any atom is 0.128 e. The van der Waals surface area contributed by atoms with Gasteiger partial charge in [0.1, 0.15) is 11.6 Å². The fourth-order valence-electron chi connectivity index (χ4n) is 2.08. The molecule has 0 bridgehead atoms. The summed E-state index contributed by atoms with van der Waals surface area (Å²) in [7, 11) is 0. The molecule has 0 saturated carbocycles. The van der Waals surface area contributed by atoms with Crippen LogP contribution >= 0.6 is 0 Å². The van der Waals surface area contributed by atoms with Crippen molar-refractivity contribution in [2.75, 3.05) is 6.54 Å². The Morgan fingerprint density at radius 1 is 1.05 bits per heavy atom. The van der Waals surface area contributed by atoms with Crippen LogP contribution in [0.5, 0.6) is 0 Å². The molecule has 2 rings (SSSR count). The second-order valence-electron chi connectivity index (χ2n) is 4.46. The Balaban J connectivity index is 2.40. The summed E-state index contributed by atoms with van der Waals surface area (Å²) in [5, 5.41) is 3.26. The SMILES string of the molecule is CCCNC(c1ccccc1)c1cc(F)ccc1F. The van der Waals surface area contributed by atoms with E-state index in [-0.39, 0.29) is 11.9 Å². The molecule has 0 aliphatic rings. The Labute approximate surface area is 112 Å². The van der Waals surface area contributed by atoms with Crippen LogP contribution in [0.25, 0.3) is 0 Å². The van der Waals surface area contributed by atoms with Gasteiger partial charge in [-0.05, 0) is 36.7 Å². The van der Waals surface area contributed by atoms with Gasteiger partial charge in [0.05, 0.1) is 6.04 Å². The molecule has 0 spiro atoms. The van der Waals surface area contributed by atoms with E-state index in [2.05, 4.69) is 5.32 Å². The van der Waals surface area contributed by atoms with E-state index in [1.807, 2.05) is 37.3 Å². The van der Waals surface area contributed by atoms with Gasteiger partial charge in [0.15, 0.2) is 0 Å². The first kappa shape index (κ1) is 13.7. The lowest BCUT2D eigenvalue weighted by molar-refractivity contribution is 0.535. The molecule has 1 unspecified atom stereocenters. The smallest absolute Gasteiger partial charge is 0.128 e. The molecule has 100 valence electrons. The van der Waals surface area contributed by atoms with Crippen molar-refractivity contribution < 1.29 is 8.78 Å². The molecule has 1 nitrogen and oxygen atoms in total. The molecule has 0 heterocycles. The van der Waals surface area contributed by atoms with Crippen molar-refractivity contribution >= 4 is 0 Å². The van der Waals surface area contributed by atoms with Gasteiger partial charge in [0.25, 0.3) is 0 Å². The molecule has 3 heteroatoms. The first-order valence-electron chi connectivity index (χ1n) is 6.45. The molecule has 0 aliphatic heterocycles. The molecular weight excluding hydrogens is 244 g/mol. The third-order valence-corrected chi connectivity index (χ3v) is 3.00. The van der Waals surface area contributed by atoms with Gasteiger partial charge in [0, 0.05) is 5.56 Å². The largest absolute Gasteiger partial charge is 0.306 e. The number of halogens is 2. The van der Waals surface area contributed by atoms with E-state index in [4.69, 9.17) is 0 Å². The second kappa shape index (κ2) is 6.43. The van der Waals surface area contributed by atoms with Crippen molar-refractivity contribution in [3.8, 4) is 0 Å². The van der Waals surface area contributed by atoms with Crippen LogP contribution in [-0.2, 0) is 0 Å². The summed E-state index contributed by atoms with van der Waals surface area (Å²) in [6.45, 7) is 2.78. The van der Waals surface area contributed by atoms with Crippen molar-refractivity contribution in [2.45, 2.75) is 19.4 Å². The molecule has 1 N–H and O–H groups in total. The maximum atomic E-state index is 13.9. The van der Waals surface area contributed by atoms with Crippen molar-refractivity contribution in [3.05, 3.63) is 71.3 Å². The summed E-state index contributed by atoms with van der Waals surface area (Å²) >= 11 is 0. The van der Waals surface area contributed by atoms with Gasteiger partial charge in [-0.1, -0.05) is 37.3 Å². The first-order valence-corrected chi connectivity index (χ1v) is 6.45. The fourth-order valence-corrected chi connectivity index (χ4v) is 2.08. The zero-order valence-corrected chi connectivity index (χ0v) is 10.9. The highest BCUT2D eigenvalue weighted by Gasteiger charge is 2.17. The van der Waals surface area contributed by atoms with Crippen molar-refractivity contribution in [2.24, 2.45) is 0 Å². The summed E-state index contributed by atoms with van der Waals surface area (Å²) in [6.07, 6.45) is 0.931. The molecule has 0 amide bonds. The molecule has 2 aromatic rings. The van der Waals surface area contributed by atoms with Crippen LogP contribution in [-0.4, -0.2) is 6.54 Å². The predicted molar refractivity (Wildman–Crippen MR) is 72.9 cm³/mol. The Kier molecular flexibility index (Phi) is 4.63. The number of nitrogens with one attached hydrogen (secondary N) is 1. The third-order valence-electron chi connectivity index (χ3n) is 3.00. The van der Waals surface area contributed by atoms with E-state index in [1.54, 1.807) is 0 Å². The van der Waals surface area contributed by atoms with Crippen molar-refractivity contribution in [1.82, 2.24) is 5.32 Å². The van der Waals surface area contributed by atoms with Crippen LogP contribution in [0.3, 0.4) is 0 Å². The van der Waals surface area contributed by atoms with Crippen LogP contribution in [0, 0.1) is 11.6 Å². The molecule has 0 fully saturated rings. The Morgan fingerprint density at radius 3 is 2.47 bits per heavy atom. The molecule has 0 saturated heterocycles. The highest BCUT2D eigenvalue weighted by molar-refractivity contribution is 5.33. The zero-order chi connectivity index (χ0) is 13.7. The number of hydrogen-bond donors (Lipinski definition) is 1. The normalized spacial score (nSPS) is 12.4. The van der Waals surface area contributed by atoms with Gasteiger partial charge in [-0.25, -0.2) is 8.78 Å². The zero-order valence-electron chi connectivity index (χ0n) is 10.9. The van der Waals surface area contributed by atoms with Gasteiger partial charge in [-0.3, -0.25) is 0 Å². The minimum Gasteiger partial charge on any atom is -0.306 e. The van der Waals surface area contributed by atoms with Crippen LogP contribution in [0.15, 0.2) is 48.5 Å². The van der Waals surface area contributed by atoms with E-state index in [1.165, 1.54) is 12.1 Å². The minimum absolute atomic E-state index is 0.322. The standard InChI is InChI=1S/C16H17F2N/c1-2-10-19-16(12-6-4-3-5-7-12)14-11-13(17)8-9-15(14)18/h3-9,11,16,19H,2,10H2,1H3. The molecule has 0 radical (unpaired) electrons. The molecule has 0 aromatic heterocycles. The number of rotatable bonds is 5. The average Bonchev–Trinajstić information content (AvgIpc) is 2.44. The minimum atomic E-state index is -0.421. The van der Waals surface area contributed by atoms with Crippen molar-refractivity contribution in [3.63, 3.8) is 0 Å². The van der Waals surface area contributed by atoms with Gasteiger partial charge in [-0.2, -0.15) is 0 Å². The topological polar surface area (TPSA) is 12.0 Å². The van der Waals surface area contributed by atoms with E-state index in [0.717, 1.165) is 24.6 Å². The molecular formula is C16H17F2N. The summed E-state index contributed by atoms with van der Waals surface area (Å²) < 4.78 is 27.3. The molecule has 1 atom stereocenters. The van der Waals surface area contributed by atoms with Crippen LogP contribution in [0.2, 0.25) is 0 Å². The van der Waals surface area contributed by atoms with Gasteiger partial charge < -0.3 is 5.32 Å². The lowest BCUT2D eigenvalue weighted by Gasteiger charge is -2.20. The monoisotopic (exact) mass is 261 g/mol. The van der Waals surface area contributed by atoms with Crippen LogP contribution in [0.4, 0.5) is 8.78 Å². The summed E-state index contributed by atoms with van der Waals surface area (Å²) in [5.74, 6) is -0.811. The second-order valence-corrected chi connectivity index (χ2v) is 4.46. The third kappa shape index (κ3) is 3.38. The van der Waals surface area contributed by atoms with E-state index in [9.17, 15) is 8.78 Å². The van der Waals surface area contributed by atoms with Crippen LogP contribution in [0.1, 0.15) is 30.5 Å². The Morgan fingerprint density at radius 2 is 1.79 bits per heavy atom.